The van der Waals surface area contributed by atoms with E-state index in [9.17, 15) is 14.7 Å². The molecule has 0 radical (unpaired) electrons. The average Bonchev–Trinajstić information content (AvgIpc) is 3.13. The number of carbonyl (C=O) groups is 2. The third kappa shape index (κ3) is 5.46. The van der Waals surface area contributed by atoms with Crippen LogP contribution >= 0.6 is 0 Å². The van der Waals surface area contributed by atoms with E-state index >= 15 is 0 Å². The maximum Gasteiger partial charge on any atom is 0.294 e. The topological polar surface area (TPSA) is 66.8 Å². The molecular formula is C30H31NO4. The van der Waals surface area contributed by atoms with E-state index in [4.69, 9.17) is 4.74 Å². The molecular weight excluding hydrogens is 438 g/mol. The highest BCUT2D eigenvalue weighted by Gasteiger charge is 2.44. The van der Waals surface area contributed by atoms with Crippen molar-refractivity contribution in [3.63, 3.8) is 0 Å². The van der Waals surface area contributed by atoms with Crippen molar-refractivity contribution in [2.24, 2.45) is 5.92 Å². The van der Waals surface area contributed by atoms with E-state index in [0.29, 0.717) is 24.6 Å². The van der Waals surface area contributed by atoms with Crippen LogP contribution in [-0.4, -0.2) is 23.4 Å². The molecule has 0 aromatic heterocycles. The third-order valence-electron chi connectivity index (χ3n) is 6.08. The Labute approximate surface area is 206 Å². The zero-order chi connectivity index (χ0) is 24.9. The first-order valence-electron chi connectivity index (χ1n) is 12.0. The number of anilines is 1. The zero-order valence-corrected chi connectivity index (χ0v) is 20.4. The second-order valence-corrected chi connectivity index (χ2v) is 9.36. The van der Waals surface area contributed by atoms with Crippen molar-refractivity contribution in [3.05, 3.63) is 107 Å². The van der Waals surface area contributed by atoms with E-state index in [1.54, 1.807) is 0 Å². The number of rotatable bonds is 9. The van der Waals surface area contributed by atoms with Crippen LogP contribution in [0.3, 0.4) is 0 Å². The quantitative estimate of drug-likeness (QED) is 0.409. The Morgan fingerprint density at radius 1 is 0.971 bits per heavy atom. The molecule has 0 aliphatic carbocycles. The minimum absolute atomic E-state index is 0.141. The molecule has 180 valence electrons. The third-order valence-corrected chi connectivity index (χ3v) is 6.08. The van der Waals surface area contributed by atoms with Crippen LogP contribution in [0.1, 0.15) is 43.0 Å². The molecule has 1 aliphatic rings. The van der Waals surface area contributed by atoms with Crippen LogP contribution < -0.4 is 9.64 Å². The summed E-state index contributed by atoms with van der Waals surface area (Å²) in [5.41, 5.74) is 3.59. The van der Waals surface area contributed by atoms with Crippen molar-refractivity contribution in [2.75, 3.05) is 11.5 Å². The summed E-state index contributed by atoms with van der Waals surface area (Å²) in [5, 5.41) is 10.9. The van der Waals surface area contributed by atoms with Gasteiger partial charge in [0.1, 0.15) is 5.75 Å². The van der Waals surface area contributed by atoms with Crippen LogP contribution in [0.25, 0.3) is 0 Å². The Hall–Kier alpha value is -3.86. The van der Waals surface area contributed by atoms with Crippen molar-refractivity contribution in [2.45, 2.75) is 39.7 Å². The molecule has 4 rings (SSSR count). The number of ether oxygens (including phenoxy) is 1. The van der Waals surface area contributed by atoms with E-state index in [0.717, 1.165) is 22.4 Å². The summed E-state index contributed by atoms with van der Waals surface area (Å²) in [6.07, 6.45) is 0.731. The molecule has 0 saturated carbocycles. The Kier molecular flexibility index (Phi) is 7.35. The van der Waals surface area contributed by atoms with Gasteiger partial charge in [0.2, 0.25) is 0 Å². The number of hydrogen-bond acceptors (Lipinski definition) is 4. The molecule has 1 unspecified atom stereocenters. The highest BCUT2D eigenvalue weighted by Crippen LogP contribution is 2.41. The van der Waals surface area contributed by atoms with E-state index in [1.807, 2.05) is 85.8 Å². The van der Waals surface area contributed by atoms with Gasteiger partial charge >= 0.3 is 0 Å². The van der Waals surface area contributed by atoms with Crippen LogP contribution in [0.2, 0.25) is 0 Å². The number of nitrogens with zero attached hydrogens (tertiary/aromatic N) is 1. The maximum absolute atomic E-state index is 13.4. The molecule has 1 amide bonds. The Bertz CT molecular complexity index is 1210. The van der Waals surface area contributed by atoms with Crippen LogP contribution in [0.15, 0.2) is 90.2 Å². The minimum atomic E-state index is -0.715. The smallest absolute Gasteiger partial charge is 0.294 e. The monoisotopic (exact) mass is 469 g/mol. The summed E-state index contributed by atoms with van der Waals surface area (Å²) in [7, 11) is 0. The first-order valence-corrected chi connectivity index (χ1v) is 12.0. The largest absolute Gasteiger partial charge is 0.503 e. The fourth-order valence-electron chi connectivity index (χ4n) is 4.22. The van der Waals surface area contributed by atoms with Gasteiger partial charge in [0.05, 0.1) is 18.2 Å². The highest BCUT2D eigenvalue weighted by molar-refractivity contribution is 6.16. The van der Waals surface area contributed by atoms with Crippen LogP contribution in [0, 0.1) is 12.8 Å². The number of Topliss-reactive ketones (excluding diaryl/α,β-unsaturated/α-hetero) is 1. The number of aliphatic hydroxyl groups is 1. The van der Waals surface area contributed by atoms with Crippen molar-refractivity contribution >= 4 is 17.4 Å². The van der Waals surface area contributed by atoms with Crippen molar-refractivity contribution in [3.8, 4) is 5.75 Å². The lowest BCUT2D eigenvalue weighted by molar-refractivity contribution is -0.118. The molecule has 0 spiro atoms. The average molecular weight is 470 g/mol. The van der Waals surface area contributed by atoms with E-state index < -0.39 is 17.7 Å². The van der Waals surface area contributed by atoms with E-state index in [2.05, 4.69) is 13.8 Å². The first kappa shape index (κ1) is 24.3. The Morgan fingerprint density at radius 2 is 1.63 bits per heavy atom. The molecule has 3 aromatic rings. The van der Waals surface area contributed by atoms with Crippen molar-refractivity contribution < 1.29 is 19.4 Å². The van der Waals surface area contributed by atoms with Crippen LogP contribution in [0.4, 0.5) is 5.69 Å². The van der Waals surface area contributed by atoms with Gasteiger partial charge in [-0.15, -0.1) is 0 Å². The van der Waals surface area contributed by atoms with Gasteiger partial charge < -0.3 is 9.84 Å². The normalized spacial score (nSPS) is 15.7. The summed E-state index contributed by atoms with van der Waals surface area (Å²) in [6, 6.07) is 23.9. The number of aliphatic hydroxyl groups excluding tert-OH is 1. The van der Waals surface area contributed by atoms with Crippen molar-refractivity contribution in [1.29, 1.82) is 0 Å². The van der Waals surface area contributed by atoms with Crippen LogP contribution in [0.5, 0.6) is 5.75 Å². The number of benzene rings is 3. The lowest BCUT2D eigenvalue weighted by Gasteiger charge is -2.27. The zero-order valence-electron chi connectivity index (χ0n) is 20.4. The number of amides is 1. The molecule has 35 heavy (non-hydrogen) atoms. The highest BCUT2D eigenvalue weighted by atomic mass is 16.5. The van der Waals surface area contributed by atoms with Crippen LogP contribution in [-0.2, 0) is 16.0 Å². The number of carbonyl (C=O) groups excluding carboxylic acids is 2. The van der Waals surface area contributed by atoms with Gasteiger partial charge in [-0.1, -0.05) is 74.0 Å². The summed E-state index contributed by atoms with van der Waals surface area (Å²) in [5.74, 6) is -0.165. The summed E-state index contributed by atoms with van der Waals surface area (Å²) in [6.45, 7) is 6.73. The molecule has 0 fully saturated rings. The summed E-state index contributed by atoms with van der Waals surface area (Å²) < 4.78 is 5.80. The second kappa shape index (κ2) is 10.6. The Balaban J connectivity index is 1.68. The summed E-state index contributed by atoms with van der Waals surface area (Å²) in [4.78, 5) is 28.2. The second-order valence-electron chi connectivity index (χ2n) is 9.36. The molecule has 1 heterocycles. The van der Waals surface area contributed by atoms with Gasteiger partial charge in [0.15, 0.2) is 11.5 Å². The predicted octanol–water partition coefficient (Wildman–Crippen LogP) is 6.13. The molecule has 0 bridgehead atoms. The molecule has 3 aromatic carbocycles. The van der Waals surface area contributed by atoms with Gasteiger partial charge in [-0.2, -0.15) is 0 Å². The summed E-state index contributed by atoms with van der Waals surface area (Å²) >= 11 is 0. The van der Waals surface area contributed by atoms with Gasteiger partial charge in [-0.25, -0.2) is 0 Å². The standard InChI is InChI=1S/C30H31NO4/c1-20(2)19-35-25-16-12-23(13-17-25)28-27(26(32)18-11-22-7-5-4-6-8-22)29(33)30(34)31(28)24-14-9-21(3)10-15-24/h4-10,12-17,20,28,33H,11,18-19H2,1-3H3. The van der Waals surface area contributed by atoms with E-state index in [1.165, 1.54) is 4.90 Å². The molecule has 5 nitrogen and oxygen atoms in total. The SMILES string of the molecule is Cc1ccc(N2C(=O)C(O)=C(C(=O)CCc3ccccc3)C2c2ccc(OCC(C)C)cc2)cc1. The first-order chi connectivity index (χ1) is 16.8. The van der Waals surface area contributed by atoms with Crippen molar-refractivity contribution in [1.82, 2.24) is 0 Å². The van der Waals surface area contributed by atoms with Gasteiger partial charge in [-0.05, 0) is 54.7 Å². The van der Waals surface area contributed by atoms with Gasteiger partial charge in [-0.3, -0.25) is 14.5 Å². The lowest BCUT2D eigenvalue weighted by Crippen LogP contribution is -2.31. The molecule has 0 saturated heterocycles. The lowest BCUT2D eigenvalue weighted by atomic mass is 9.93. The minimum Gasteiger partial charge on any atom is -0.503 e. The fraction of sp³-hybridized carbons (Fsp3) is 0.267. The molecule has 1 aliphatic heterocycles. The predicted molar refractivity (Wildman–Crippen MR) is 138 cm³/mol. The van der Waals surface area contributed by atoms with Gasteiger partial charge in [0.25, 0.3) is 5.91 Å². The molecule has 5 heteroatoms. The number of ketones is 1. The molecule has 1 N–H and O–H groups in total. The molecule has 1 atom stereocenters. The maximum atomic E-state index is 13.4. The van der Waals surface area contributed by atoms with E-state index in [-0.39, 0.29) is 17.8 Å². The Morgan fingerprint density at radius 3 is 2.26 bits per heavy atom. The fourth-order valence-corrected chi connectivity index (χ4v) is 4.22. The number of hydrogen-bond donors (Lipinski definition) is 1. The number of aryl methyl sites for hydroxylation is 2. The van der Waals surface area contributed by atoms with Gasteiger partial charge in [0, 0.05) is 12.1 Å².